The molecule has 5 aliphatic rings. The van der Waals surface area contributed by atoms with Crippen molar-refractivity contribution in [2.45, 2.75) is 37.8 Å². The van der Waals surface area contributed by atoms with Crippen LogP contribution in [0.4, 0.5) is 0 Å². The summed E-state index contributed by atoms with van der Waals surface area (Å²) in [5.74, 6) is 1.69. The lowest BCUT2D eigenvalue weighted by Crippen LogP contribution is -2.59. The van der Waals surface area contributed by atoms with Crippen molar-refractivity contribution in [1.82, 2.24) is 25.3 Å². The molecule has 0 amide bonds. The van der Waals surface area contributed by atoms with Gasteiger partial charge in [-0.2, -0.15) is 0 Å². The maximum absolute atomic E-state index is 5.53. The second-order valence-electron chi connectivity index (χ2n) is 9.53. The molecule has 5 rings (SSSR count). The van der Waals surface area contributed by atoms with Crippen LogP contribution in [0, 0.1) is 11.8 Å². The van der Waals surface area contributed by atoms with E-state index in [-0.39, 0.29) is 0 Å². The van der Waals surface area contributed by atoms with Gasteiger partial charge in [-0.15, -0.1) is 0 Å². The van der Waals surface area contributed by atoms with Crippen LogP contribution in [-0.4, -0.2) is 118 Å². The standard InChI is InChI=1S/C22H41N5O2S/c1-28-17-20-3-2-6-26(20)15-19-16-27-7-4-18(19)13-21(27)14-24-22(30)23-5-8-25-9-11-29-12-10-25/h18-21H,2-17H2,1H3,(H2,23,24,30)/t18-,19-,20+,21+/m0/s1. The van der Waals surface area contributed by atoms with Crippen LogP contribution in [0.15, 0.2) is 0 Å². The minimum atomic E-state index is 0.632. The molecule has 0 radical (unpaired) electrons. The summed E-state index contributed by atoms with van der Waals surface area (Å²) in [6.07, 6.45) is 5.32. The topological polar surface area (TPSA) is 52.2 Å². The zero-order valence-corrected chi connectivity index (χ0v) is 19.5. The number of hydrogen-bond donors (Lipinski definition) is 2. The summed E-state index contributed by atoms with van der Waals surface area (Å²) in [6, 6.07) is 1.27. The molecular formula is C22H41N5O2S. The van der Waals surface area contributed by atoms with E-state index in [1.807, 2.05) is 7.11 Å². The van der Waals surface area contributed by atoms with Crippen LogP contribution in [-0.2, 0) is 9.47 Å². The third-order valence-electron chi connectivity index (χ3n) is 7.66. The monoisotopic (exact) mass is 439 g/mol. The molecule has 8 heteroatoms. The number of nitrogens with one attached hydrogen (secondary N) is 2. The summed E-state index contributed by atoms with van der Waals surface area (Å²) >= 11 is 5.53. The van der Waals surface area contributed by atoms with Gasteiger partial charge >= 0.3 is 0 Å². The van der Waals surface area contributed by atoms with Crippen LogP contribution < -0.4 is 10.6 Å². The van der Waals surface area contributed by atoms with E-state index in [1.54, 1.807) is 0 Å². The van der Waals surface area contributed by atoms with Crippen LogP contribution in [0.2, 0.25) is 0 Å². The molecule has 5 atom stereocenters. The first-order valence-electron chi connectivity index (χ1n) is 12.0. The molecule has 0 aromatic heterocycles. The van der Waals surface area contributed by atoms with Crippen LogP contribution >= 0.6 is 12.2 Å². The van der Waals surface area contributed by atoms with Crippen LogP contribution in [0.3, 0.4) is 0 Å². The molecule has 30 heavy (non-hydrogen) atoms. The van der Waals surface area contributed by atoms with Gasteiger partial charge in [-0.1, -0.05) is 0 Å². The highest BCUT2D eigenvalue weighted by Gasteiger charge is 2.41. The minimum absolute atomic E-state index is 0.632. The summed E-state index contributed by atoms with van der Waals surface area (Å²) in [5, 5.41) is 7.69. The lowest BCUT2D eigenvalue weighted by Gasteiger charge is -2.51. The molecule has 7 nitrogen and oxygen atoms in total. The number of likely N-dealkylation sites (tertiary alicyclic amines) is 1. The van der Waals surface area contributed by atoms with Gasteiger partial charge in [-0.05, 0) is 62.8 Å². The molecule has 5 fully saturated rings. The quantitative estimate of drug-likeness (QED) is 0.507. The normalized spacial score (nSPS) is 34.9. The van der Waals surface area contributed by atoms with Crippen molar-refractivity contribution in [3.8, 4) is 0 Å². The second kappa shape index (κ2) is 11.4. The SMILES string of the molecule is COC[C@H]1CCCN1C[C@H]1CN2CC[C@H]1C[C@@H]2CNC(=S)NCCN1CCOCC1. The van der Waals surface area contributed by atoms with Crippen LogP contribution in [0.5, 0.6) is 0 Å². The summed E-state index contributed by atoms with van der Waals surface area (Å²) in [5.41, 5.74) is 0. The van der Waals surface area contributed by atoms with E-state index < -0.39 is 0 Å². The zero-order chi connectivity index (χ0) is 20.8. The molecule has 172 valence electrons. The predicted octanol–water partition coefficient (Wildman–Crippen LogP) is 0.604. The molecule has 5 saturated heterocycles. The summed E-state index contributed by atoms with van der Waals surface area (Å²) in [6.45, 7) is 12.6. The Labute approximate surface area is 187 Å². The van der Waals surface area contributed by atoms with Gasteiger partial charge < -0.3 is 20.1 Å². The van der Waals surface area contributed by atoms with Crippen molar-refractivity contribution in [2.75, 3.05) is 85.8 Å². The Morgan fingerprint density at radius 1 is 1.10 bits per heavy atom. The predicted molar refractivity (Wildman–Crippen MR) is 124 cm³/mol. The first-order valence-corrected chi connectivity index (χ1v) is 12.4. The number of ether oxygens (including phenoxy) is 2. The smallest absolute Gasteiger partial charge is 0.166 e. The Kier molecular flexibility index (Phi) is 8.60. The number of nitrogens with zero attached hydrogens (tertiary/aromatic N) is 3. The van der Waals surface area contributed by atoms with Crippen molar-refractivity contribution in [1.29, 1.82) is 0 Å². The molecular weight excluding hydrogens is 398 g/mol. The first-order chi connectivity index (χ1) is 14.7. The number of morpholine rings is 1. The highest BCUT2D eigenvalue weighted by molar-refractivity contribution is 7.80. The Hall–Kier alpha value is -0.510. The van der Waals surface area contributed by atoms with Crippen LogP contribution in [0.25, 0.3) is 0 Å². The van der Waals surface area contributed by atoms with Gasteiger partial charge in [-0.25, -0.2) is 0 Å². The Morgan fingerprint density at radius 3 is 2.73 bits per heavy atom. The van der Waals surface area contributed by atoms with E-state index in [0.717, 1.165) is 69.5 Å². The number of hydrogen-bond acceptors (Lipinski definition) is 6. The molecule has 1 unspecified atom stereocenters. The number of fused-ring (bicyclic) bond motifs is 3. The molecule has 2 bridgehead atoms. The van der Waals surface area contributed by atoms with Crippen LogP contribution in [0.1, 0.15) is 25.7 Å². The van der Waals surface area contributed by atoms with Crippen molar-refractivity contribution >= 4 is 17.3 Å². The molecule has 0 aromatic carbocycles. The fourth-order valence-corrected chi connectivity index (χ4v) is 6.10. The van der Waals surface area contributed by atoms with E-state index >= 15 is 0 Å². The van der Waals surface area contributed by atoms with Crippen molar-refractivity contribution < 1.29 is 9.47 Å². The average molecular weight is 440 g/mol. The molecule has 2 N–H and O–H groups in total. The van der Waals surface area contributed by atoms with Crippen molar-refractivity contribution in [2.24, 2.45) is 11.8 Å². The third-order valence-corrected chi connectivity index (χ3v) is 7.95. The maximum atomic E-state index is 5.53. The van der Waals surface area contributed by atoms with E-state index in [2.05, 4.69) is 25.3 Å². The zero-order valence-electron chi connectivity index (χ0n) is 18.7. The number of rotatable bonds is 9. The first kappa shape index (κ1) is 22.7. The Morgan fingerprint density at radius 2 is 1.97 bits per heavy atom. The molecule has 0 aliphatic carbocycles. The third kappa shape index (κ3) is 6.04. The maximum Gasteiger partial charge on any atom is 0.166 e. The van der Waals surface area contributed by atoms with Crippen molar-refractivity contribution in [3.63, 3.8) is 0 Å². The summed E-state index contributed by atoms with van der Waals surface area (Å²) in [7, 11) is 1.84. The fourth-order valence-electron chi connectivity index (χ4n) is 5.91. The number of thiocarbonyl (C=S) groups is 1. The summed E-state index contributed by atoms with van der Waals surface area (Å²) < 4.78 is 10.9. The molecule has 0 spiro atoms. The Bertz CT molecular complexity index is 548. The Balaban J connectivity index is 1.14. The van der Waals surface area contributed by atoms with Gasteiger partial charge in [0.1, 0.15) is 0 Å². The lowest BCUT2D eigenvalue weighted by atomic mass is 9.75. The van der Waals surface area contributed by atoms with E-state index in [0.29, 0.717) is 12.1 Å². The molecule has 5 heterocycles. The highest BCUT2D eigenvalue weighted by Crippen LogP contribution is 2.37. The molecule has 0 saturated carbocycles. The van der Waals surface area contributed by atoms with Gasteiger partial charge in [0.2, 0.25) is 0 Å². The van der Waals surface area contributed by atoms with E-state index in [1.165, 1.54) is 51.9 Å². The van der Waals surface area contributed by atoms with Gasteiger partial charge in [0.15, 0.2) is 5.11 Å². The van der Waals surface area contributed by atoms with Crippen molar-refractivity contribution in [3.05, 3.63) is 0 Å². The van der Waals surface area contributed by atoms with Gasteiger partial charge in [0, 0.05) is 65.0 Å². The highest BCUT2D eigenvalue weighted by atomic mass is 32.1. The van der Waals surface area contributed by atoms with Gasteiger partial charge in [0.05, 0.1) is 19.8 Å². The largest absolute Gasteiger partial charge is 0.383 e. The van der Waals surface area contributed by atoms with Gasteiger partial charge in [-0.3, -0.25) is 14.7 Å². The fraction of sp³-hybridized carbons (Fsp3) is 0.955. The number of methoxy groups -OCH3 is 1. The molecule has 0 aromatic rings. The average Bonchev–Trinajstić information content (AvgIpc) is 3.21. The molecule has 5 aliphatic heterocycles. The minimum Gasteiger partial charge on any atom is -0.383 e. The second-order valence-corrected chi connectivity index (χ2v) is 9.94. The lowest BCUT2D eigenvalue weighted by molar-refractivity contribution is -0.0158. The van der Waals surface area contributed by atoms with E-state index in [4.69, 9.17) is 21.7 Å². The number of piperidine rings is 3. The van der Waals surface area contributed by atoms with Gasteiger partial charge in [0.25, 0.3) is 0 Å². The summed E-state index contributed by atoms with van der Waals surface area (Å²) in [4.78, 5) is 7.86. The van der Waals surface area contributed by atoms with E-state index in [9.17, 15) is 0 Å².